The van der Waals surface area contributed by atoms with Crippen molar-refractivity contribution in [3.8, 4) is 5.69 Å². The molecule has 0 atom stereocenters. The lowest BCUT2D eigenvalue weighted by molar-refractivity contribution is -0.146. The van der Waals surface area contributed by atoms with Crippen LogP contribution in [0.2, 0.25) is 5.02 Å². The van der Waals surface area contributed by atoms with Crippen LogP contribution < -0.4 is 5.56 Å². The number of esters is 1. The minimum atomic E-state index is -0.520. The summed E-state index contributed by atoms with van der Waals surface area (Å²) in [4.78, 5) is 25.7. The fourth-order valence-corrected chi connectivity index (χ4v) is 3.75. The van der Waals surface area contributed by atoms with Gasteiger partial charge >= 0.3 is 5.97 Å². The molecule has 8 heteroatoms. The van der Waals surface area contributed by atoms with Gasteiger partial charge in [0.05, 0.1) is 17.6 Å². The Labute approximate surface area is 182 Å². The van der Waals surface area contributed by atoms with Crippen molar-refractivity contribution >= 4 is 28.5 Å². The van der Waals surface area contributed by atoms with E-state index in [2.05, 4.69) is 10.2 Å². The second-order valence-corrected chi connectivity index (χ2v) is 8.00. The molecule has 2 aromatic carbocycles. The molecule has 31 heavy (non-hydrogen) atoms. The number of carbonyl (C=O) groups excluding carboxylic acids is 1. The third-order valence-corrected chi connectivity index (χ3v) is 5.48. The summed E-state index contributed by atoms with van der Waals surface area (Å²) in [5.41, 5.74) is 2.33. The zero-order valence-corrected chi connectivity index (χ0v) is 17.3. The molecule has 0 saturated heterocycles. The number of hydrogen-bond donors (Lipinski definition) is 0. The van der Waals surface area contributed by atoms with Gasteiger partial charge in [0.25, 0.3) is 5.56 Å². The number of fused-ring (bicyclic) bond motifs is 1. The van der Waals surface area contributed by atoms with Crippen molar-refractivity contribution < 1.29 is 9.53 Å². The highest BCUT2D eigenvalue weighted by Crippen LogP contribution is 2.41. The maximum absolute atomic E-state index is 13.3. The molecule has 1 saturated carbocycles. The highest BCUT2D eigenvalue weighted by Gasteiger charge is 2.30. The molecule has 0 unspecified atom stereocenters. The van der Waals surface area contributed by atoms with E-state index in [1.54, 1.807) is 29.1 Å². The molecule has 0 N–H and O–H groups in total. The van der Waals surface area contributed by atoms with E-state index < -0.39 is 11.5 Å². The van der Waals surface area contributed by atoms with Crippen LogP contribution in [-0.2, 0) is 22.7 Å². The second-order valence-electron chi connectivity index (χ2n) is 7.57. The number of benzene rings is 2. The molecule has 0 aliphatic heterocycles. The normalized spacial score (nSPS) is 13.5. The number of carbonyl (C=O) groups is 1. The maximum Gasteiger partial charge on any atom is 0.328 e. The van der Waals surface area contributed by atoms with Crippen molar-refractivity contribution in [1.82, 2.24) is 19.6 Å². The predicted octanol–water partition coefficient (Wildman–Crippen LogP) is 3.86. The molecule has 0 bridgehead atoms. The predicted molar refractivity (Wildman–Crippen MR) is 116 cm³/mol. The first-order chi connectivity index (χ1) is 15.1. The first-order valence-electron chi connectivity index (χ1n) is 10.0. The van der Waals surface area contributed by atoms with Gasteiger partial charge in [-0.2, -0.15) is 10.2 Å². The van der Waals surface area contributed by atoms with Crippen LogP contribution in [0.3, 0.4) is 0 Å². The van der Waals surface area contributed by atoms with Crippen LogP contribution in [0.1, 0.15) is 30.0 Å². The summed E-state index contributed by atoms with van der Waals surface area (Å²) < 4.78 is 8.09. The summed E-state index contributed by atoms with van der Waals surface area (Å²) in [6, 6.07) is 16.5. The van der Waals surface area contributed by atoms with Gasteiger partial charge in [-0.25, -0.2) is 9.36 Å². The Hall–Kier alpha value is -3.45. The fourth-order valence-electron chi connectivity index (χ4n) is 3.57. The van der Waals surface area contributed by atoms with Crippen LogP contribution in [0, 0.1) is 0 Å². The molecule has 0 spiro atoms. The molecule has 1 aliphatic carbocycles. The van der Waals surface area contributed by atoms with E-state index in [9.17, 15) is 9.59 Å². The Bertz CT molecular complexity index is 1330. The monoisotopic (exact) mass is 434 g/mol. The lowest BCUT2D eigenvalue weighted by Crippen LogP contribution is -2.29. The summed E-state index contributed by atoms with van der Waals surface area (Å²) >= 11 is 6.13. The molecule has 1 fully saturated rings. The van der Waals surface area contributed by atoms with Crippen LogP contribution in [-0.4, -0.2) is 25.5 Å². The lowest BCUT2D eigenvalue weighted by Gasteiger charge is -2.10. The van der Waals surface area contributed by atoms with Gasteiger partial charge in [0.1, 0.15) is 18.7 Å². The Kier molecular flexibility index (Phi) is 5.03. The smallest absolute Gasteiger partial charge is 0.328 e. The topological polar surface area (TPSA) is 79.0 Å². The van der Waals surface area contributed by atoms with E-state index in [0.717, 1.165) is 24.1 Å². The van der Waals surface area contributed by atoms with E-state index in [1.807, 2.05) is 36.4 Å². The fraction of sp³-hybridized carbons (Fsp3) is 0.217. The SMILES string of the molecule is O=C(Cn1nc(C2CC2)c2cnn(-c3cccc(Cl)c3)c2c1=O)OCc1ccccc1. The van der Waals surface area contributed by atoms with Gasteiger partial charge in [-0.1, -0.05) is 48.0 Å². The Morgan fingerprint density at radius 1 is 1.13 bits per heavy atom. The molecular formula is C23H19ClN4O3. The zero-order chi connectivity index (χ0) is 21.4. The van der Waals surface area contributed by atoms with Gasteiger partial charge in [-0.3, -0.25) is 9.59 Å². The Balaban J connectivity index is 1.51. The van der Waals surface area contributed by atoms with E-state index in [1.165, 1.54) is 4.68 Å². The van der Waals surface area contributed by atoms with E-state index in [0.29, 0.717) is 21.6 Å². The molecular weight excluding hydrogens is 416 g/mol. The largest absolute Gasteiger partial charge is 0.459 e. The molecule has 5 rings (SSSR count). The van der Waals surface area contributed by atoms with Crippen molar-refractivity contribution in [1.29, 1.82) is 0 Å². The average molecular weight is 435 g/mol. The molecule has 2 heterocycles. The number of ether oxygens (including phenoxy) is 1. The number of aromatic nitrogens is 4. The highest BCUT2D eigenvalue weighted by atomic mass is 35.5. The molecule has 1 aliphatic rings. The third kappa shape index (κ3) is 3.96. The zero-order valence-electron chi connectivity index (χ0n) is 16.6. The summed E-state index contributed by atoms with van der Waals surface area (Å²) in [6.45, 7) is -0.116. The molecule has 7 nitrogen and oxygen atoms in total. The first-order valence-corrected chi connectivity index (χ1v) is 10.4. The summed E-state index contributed by atoms with van der Waals surface area (Å²) in [7, 11) is 0. The van der Waals surface area contributed by atoms with Gasteiger partial charge in [0.2, 0.25) is 0 Å². The van der Waals surface area contributed by atoms with Crippen molar-refractivity contribution in [2.24, 2.45) is 0 Å². The lowest BCUT2D eigenvalue weighted by atomic mass is 10.2. The second kappa shape index (κ2) is 8.00. The standard InChI is InChI=1S/C23H19ClN4O3/c24-17-7-4-8-18(11-17)28-22-19(12-25-28)21(16-9-10-16)26-27(23(22)30)13-20(29)31-14-15-5-2-1-3-6-15/h1-8,11-12,16H,9-10,13-14H2. The van der Waals surface area contributed by atoms with E-state index in [-0.39, 0.29) is 19.1 Å². The summed E-state index contributed by atoms with van der Waals surface area (Å²) in [5, 5.41) is 10.2. The van der Waals surface area contributed by atoms with Crippen molar-refractivity contribution in [3.63, 3.8) is 0 Å². The minimum Gasteiger partial charge on any atom is -0.459 e. The van der Waals surface area contributed by atoms with Crippen LogP contribution in [0.5, 0.6) is 0 Å². The van der Waals surface area contributed by atoms with Crippen molar-refractivity contribution in [2.45, 2.75) is 31.9 Å². The molecule has 156 valence electrons. The Morgan fingerprint density at radius 3 is 2.68 bits per heavy atom. The summed E-state index contributed by atoms with van der Waals surface area (Å²) in [6.07, 6.45) is 3.67. The molecule has 0 radical (unpaired) electrons. The molecule has 4 aromatic rings. The van der Waals surface area contributed by atoms with Gasteiger partial charge in [0.15, 0.2) is 0 Å². The van der Waals surface area contributed by atoms with Crippen molar-refractivity contribution in [3.05, 3.63) is 87.4 Å². The van der Waals surface area contributed by atoms with Gasteiger partial charge < -0.3 is 4.74 Å². The van der Waals surface area contributed by atoms with Gasteiger partial charge in [-0.15, -0.1) is 0 Å². The third-order valence-electron chi connectivity index (χ3n) is 5.25. The maximum atomic E-state index is 13.3. The van der Waals surface area contributed by atoms with Crippen LogP contribution in [0.4, 0.5) is 0 Å². The van der Waals surface area contributed by atoms with E-state index >= 15 is 0 Å². The van der Waals surface area contributed by atoms with Gasteiger partial charge in [0, 0.05) is 16.3 Å². The average Bonchev–Trinajstić information content (AvgIpc) is 3.52. The van der Waals surface area contributed by atoms with Crippen LogP contribution >= 0.6 is 11.6 Å². The quantitative estimate of drug-likeness (QED) is 0.430. The van der Waals surface area contributed by atoms with Crippen LogP contribution in [0.25, 0.3) is 16.6 Å². The Morgan fingerprint density at radius 2 is 1.94 bits per heavy atom. The minimum absolute atomic E-state index is 0.145. The summed E-state index contributed by atoms with van der Waals surface area (Å²) in [5.74, 6) is -0.250. The molecule has 0 amide bonds. The number of halogens is 1. The number of rotatable bonds is 6. The van der Waals surface area contributed by atoms with Crippen LogP contribution in [0.15, 0.2) is 65.6 Å². The van der Waals surface area contributed by atoms with E-state index in [4.69, 9.17) is 16.3 Å². The number of nitrogens with zero attached hydrogens (tertiary/aromatic N) is 4. The highest BCUT2D eigenvalue weighted by molar-refractivity contribution is 6.30. The van der Waals surface area contributed by atoms with Crippen molar-refractivity contribution in [2.75, 3.05) is 0 Å². The van der Waals surface area contributed by atoms with Gasteiger partial charge in [-0.05, 0) is 36.6 Å². The molecule has 2 aromatic heterocycles. The first kappa shape index (κ1) is 19.5. The number of hydrogen-bond acceptors (Lipinski definition) is 5.